The monoisotopic (exact) mass is 277 g/mol. The van der Waals surface area contributed by atoms with Crippen LogP contribution in [0.2, 0.25) is 5.02 Å². The molecule has 19 heavy (non-hydrogen) atoms. The van der Waals surface area contributed by atoms with Crippen LogP contribution < -0.4 is 5.32 Å². The lowest BCUT2D eigenvalue weighted by Crippen LogP contribution is -2.06. The number of halogens is 1. The first-order chi connectivity index (χ1) is 9.22. The van der Waals surface area contributed by atoms with Gasteiger partial charge in [-0.1, -0.05) is 17.7 Å². The van der Waals surface area contributed by atoms with E-state index in [0.29, 0.717) is 6.61 Å². The zero-order chi connectivity index (χ0) is 13.4. The zero-order valence-corrected chi connectivity index (χ0v) is 11.8. The molecule has 0 aliphatic carbocycles. The highest BCUT2D eigenvalue weighted by molar-refractivity contribution is 6.31. The zero-order valence-electron chi connectivity index (χ0n) is 11.0. The molecule has 3 rings (SSSR count). The van der Waals surface area contributed by atoms with Gasteiger partial charge < -0.3 is 10.1 Å². The topological polar surface area (TPSA) is 39.1 Å². The number of nitrogens with zero attached hydrogens (tertiary/aromatic N) is 2. The number of fused-ring (bicyclic) bond motifs is 1. The number of hydrogen-bond acceptors (Lipinski definition) is 3. The van der Waals surface area contributed by atoms with Gasteiger partial charge >= 0.3 is 0 Å². The van der Waals surface area contributed by atoms with E-state index in [2.05, 4.69) is 10.4 Å². The fraction of sp³-hybridized carbons (Fsp3) is 0.357. The predicted octanol–water partition coefficient (Wildman–Crippen LogP) is 2.95. The summed E-state index contributed by atoms with van der Waals surface area (Å²) < 4.78 is 7.17. The second kappa shape index (κ2) is 4.87. The van der Waals surface area contributed by atoms with Crippen molar-refractivity contribution in [1.29, 1.82) is 0 Å². The van der Waals surface area contributed by atoms with E-state index in [-0.39, 0.29) is 0 Å². The van der Waals surface area contributed by atoms with E-state index in [4.69, 9.17) is 16.3 Å². The first-order valence-electron chi connectivity index (χ1n) is 6.31. The maximum atomic E-state index is 6.20. The Kier molecular flexibility index (Phi) is 3.21. The van der Waals surface area contributed by atoms with Crippen molar-refractivity contribution >= 4 is 17.4 Å². The highest BCUT2D eigenvalue weighted by Crippen LogP contribution is 2.31. The molecule has 0 fully saturated rings. The molecule has 2 heterocycles. The third kappa shape index (κ3) is 2.01. The lowest BCUT2D eigenvalue weighted by Gasteiger charge is -2.10. The molecule has 1 aromatic heterocycles. The summed E-state index contributed by atoms with van der Waals surface area (Å²) in [5.41, 5.74) is 4.30. The Morgan fingerprint density at radius 3 is 3.11 bits per heavy atom. The van der Waals surface area contributed by atoms with Gasteiger partial charge in [-0.05, 0) is 31.0 Å². The van der Waals surface area contributed by atoms with Crippen LogP contribution in [-0.2, 0) is 17.8 Å². The van der Waals surface area contributed by atoms with E-state index in [9.17, 15) is 0 Å². The van der Waals surface area contributed by atoms with Crippen molar-refractivity contribution in [2.24, 2.45) is 0 Å². The second-order valence-electron chi connectivity index (χ2n) is 4.68. The van der Waals surface area contributed by atoms with Gasteiger partial charge in [0.05, 0.1) is 18.0 Å². The number of ether oxygens (including phenoxy) is 1. The van der Waals surface area contributed by atoms with Crippen molar-refractivity contribution in [2.75, 3.05) is 19.0 Å². The number of rotatable bonds is 3. The first kappa shape index (κ1) is 12.5. The molecule has 0 amide bonds. The van der Waals surface area contributed by atoms with E-state index in [1.165, 1.54) is 5.56 Å². The van der Waals surface area contributed by atoms with Crippen LogP contribution in [0.15, 0.2) is 18.2 Å². The quantitative estimate of drug-likeness (QED) is 0.937. The second-order valence-corrected chi connectivity index (χ2v) is 5.09. The number of aromatic nitrogens is 2. The molecule has 100 valence electrons. The summed E-state index contributed by atoms with van der Waals surface area (Å²) in [6.07, 6.45) is 0.994. The summed E-state index contributed by atoms with van der Waals surface area (Å²) in [7, 11) is 1.69. The van der Waals surface area contributed by atoms with Crippen LogP contribution in [0.1, 0.15) is 16.8 Å². The lowest BCUT2D eigenvalue weighted by molar-refractivity contribution is 0.180. The summed E-state index contributed by atoms with van der Waals surface area (Å²) in [5, 5.41) is 8.82. The molecule has 0 bridgehead atoms. The van der Waals surface area contributed by atoms with Gasteiger partial charge in [-0.15, -0.1) is 0 Å². The van der Waals surface area contributed by atoms with Gasteiger partial charge in [0.15, 0.2) is 0 Å². The van der Waals surface area contributed by atoms with Crippen molar-refractivity contribution in [3.05, 3.63) is 40.0 Å². The number of benzene rings is 1. The molecule has 0 radical (unpaired) electrons. The molecule has 5 heteroatoms. The van der Waals surface area contributed by atoms with Crippen LogP contribution >= 0.6 is 11.6 Å². The summed E-state index contributed by atoms with van der Waals surface area (Å²) in [6.45, 7) is 3.50. The average molecular weight is 278 g/mol. The first-order valence-corrected chi connectivity index (χ1v) is 6.69. The summed E-state index contributed by atoms with van der Waals surface area (Å²) in [5.74, 6) is 1.07. The molecule has 4 nitrogen and oxygen atoms in total. The Balaban J connectivity index is 2.15. The Labute approximate surface area is 117 Å². The molecule has 0 unspecified atom stereocenters. The Bertz CT molecular complexity index is 621. The molecule has 1 aromatic carbocycles. The maximum absolute atomic E-state index is 6.20. The minimum Gasteiger partial charge on any atom is -0.378 e. The standard InChI is InChI=1S/C14H16ClN3O/c1-9-11(15)4-3-5-13(9)18-14-10(6-7-16-14)12(17-18)8-19-2/h3-5,16H,6-8H2,1-2H3. The maximum Gasteiger partial charge on any atom is 0.133 e. The fourth-order valence-corrected chi connectivity index (χ4v) is 2.67. The van der Waals surface area contributed by atoms with Crippen molar-refractivity contribution < 1.29 is 4.74 Å². The molecular formula is C14H16ClN3O. The van der Waals surface area contributed by atoms with Gasteiger partial charge in [0, 0.05) is 24.2 Å². The van der Waals surface area contributed by atoms with Gasteiger partial charge in [-0.25, -0.2) is 4.68 Å². The number of nitrogens with one attached hydrogen (secondary N) is 1. The largest absolute Gasteiger partial charge is 0.378 e. The Morgan fingerprint density at radius 2 is 2.32 bits per heavy atom. The van der Waals surface area contributed by atoms with E-state index in [0.717, 1.165) is 40.8 Å². The molecule has 1 aliphatic rings. The molecule has 1 N–H and O–H groups in total. The Hall–Kier alpha value is -1.52. The lowest BCUT2D eigenvalue weighted by atomic mass is 10.2. The minimum absolute atomic E-state index is 0.538. The van der Waals surface area contributed by atoms with Gasteiger partial charge in [0.1, 0.15) is 5.82 Å². The van der Waals surface area contributed by atoms with Crippen LogP contribution in [0, 0.1) is 6.92 Å². The molecule has 0 saturated heterocycles. The molecule has 2 aromatic rings. The van der Waals surface area contributed by atoms with Crippen LogP contribution in [0.25, 0.3) is 5.69 Å². The van der Waals surface area contributed by atoms with Gasteiger partial charge in [-0.2, -0.15) is 5.10 Å². The number of hydrogen-bond donors (Lipinski definition) is 1. The van der Waals surface area contributed by atoms with Crippen LogP contribution in [-0.4, -0.2) is 23.4 Å². The van der Waals surface area contributed by atoms with Crippen molar-refractivity contribution in [1.82, 2.24) is 9.78 Å². The predicted molar refractivity (Wildman–Crippen MR) is 76.2 cm³/mol. The van der Waals surface area contributed by atoms with Crippen molar-refractivity contribution in [3.63, 3.8) is 0 Å². The third-order valence-electron chi connectivity index (χ3n) is 3.48. The van der Waals surface area contributed by atoms with E-state index in [1.807, 2.05) is 29.8 Å². The third-order valence-corrected chi connectivity index (χ3v) is 3.89. The highest BCUT2D eigenvalue weighted by Gasteiger charge is 2.23. The summed E-state index contributed by atoms with van der Waals surface area (Å²) in [6, 6.07) is 5.88. The SMILES string of the molecule is COCc1nn(-c2cccc(Cl)c2C)c2c1CCN2. The van der Waals surface area contributed by atoms with E-state index < -0.39 is 0 Å². The average Bonchev–Trinajstić information content (AvgIpc) is 2.97. The highest BCUT2D eigenvalue weighted by atomic mass is 35.5. The normalized spacial score (nSPS) is 13.4. The summed E-state index contributed by atoms with van der Waals surface area (Å²) >= 11 is 6.20. The van der Waals surface area contributed by atoms with Crippen LogP contribution in [0.4, 0.5) is 5.82 Å². The molecule has 0 atom stereocenters. The van der Waals surface area contributed by atoms with E-state index in [1.54, 1.807) is 7.11 Å². The molecule has 0 spiro atoms. The minimum atomic E-state index is 0.538. The van der Waals surface area contributed by atoms with Gasteiger partial charge in [-0.3, -0.25) is 0 Å². The number of anilines is 1. The molecule has 1 aliphatic heterocycles. The van der Waals surface area contributed by atoms with Crippen LogP contribution in [0.5, 0.6) is 0 Å². The summed E-state index contributed by atoms with van der Waals surface area (Å²) in [4.78, 5) is 0. The molecule has 0 saturated carbocycles. The van der Waals surface area contributed by atoms with Gasteiger partial charge in [0.25, 0.3) is 0 Å². The van der Waals surface area contributed by atoms with Crippen molar-refractivity contribution in [3.8, 4) is 5.69 Å². The van der Waals surface area contributed by atoms with Crippen molar-refractivity contribution in [2.45, 2.75) is 20.0 Å². The number of methoxy groups -OCH3 is 1. The fourth-order valence-electron chi connectivity index (χ4n) is 2.50. The van der Waals surface area contributed by atoms with Gasteiger partial charge in [0.2, 0.25) is 0 Å². The van der Waals surface area contributed by atoms with E-state index >= 15 is 0 Å². The molecular weight excluding hydrogens is 262 g/mol. The van der Waals surface area contributed by atoms with Crippen LogP contribution in [0.3, 0.4) is 0 Å². The smallest absolute Gasteiger partial charge is 0.133 e. The Morgan fingerprint density at radius 1 is 1.47 bits per heavy atom.